The molecule has 9 nitrogen and oxygen atoms in total. The number of benzene rings is 2. The summed E-state index contributed by atoms with van der Waals surface area (Å²) in [4.78, 5) is 29.9. The topological polar surface area (TPSA) is 143 Å². The highest BCUT2D eigenvalue weighted by atomic mass is 32.2. The van der Waals surface area contributed by atoms with Crippen molar-refractivity contribution >= 4 is 46.7 Å². The minimum Gasteiger partial charge on any atom is -0.468 e. The lowest BCUT2D eigenvalue weighted by molar-refractivity contribution is -0.139. The molecule has 0 bridgehead atoms. The van der Waals surface area contributed by atoms with Gasteiger partial charge in [-0.3, -0.25) is 19.7 Å². The molecule has 0 aliphatic carbocycles. The predicted octanol–water partition coefficient (Wildman–Crippen LogP) is 3.52. The molecule has 0 saturated carbocycles. The van der Waals surface area contributed by atoms with Crippen LogP contribution in [-0.2, 0) is 9.53 Å². The van der Waals surface area contributed by atoms with E-state index in [2.05, 4.69) is 31.1 Å². The van der Waals surface area contributed by atoms with Gasteiger partial charge in [-0.05, 0) is 54.6 Å². The van der Waals surface area contributed by atoms with Crippen molar-refractivity contribution in [1.82, 2.24) is 20.5 Å². The van der Waals surface area contributed by atoms with Crippen LogP contribution >= 0.6 is 11.8 Å². The number of carbonyl (C=O) groups is 2. The van der Waals surface area contributed by atoms with Gasteiger partial charge in [-0.15, -0.1) is 0 Å². The number of carbonyl (C=O) groups excluding carboxylic acids is 2. The highest BCUT2D eigenvalue weighted by Gasteiger charge is 2.14. The van der Waals surface area contributed by atoms with Gasteiger partial charge < -0.3 is 15.3 Å². The number of ether oxygens (including phenoxy) is 1. The van der Waals surface area contributed by atoms with E-state index in [4.69, 9.17) is 5.21 Å². The molecular formula is C24H23N5O4S. The molecule has 4 rings (SSSR count). The largest absolute Gasteiger partial charge is 0.468 e. The fraction of sp³-hybridized carbons (Fsp3) is 0.0833. The highest BCUT2D eigenvalue weighted by molar-refractivity contribution is 7.99. The zero-order valence-corrected chi connectivity index (χ0v) is 19.1. The van der Waals surface area contributed by atoms with Gasteiger partial charge in [-0.1, -0.05) is 30.0 Å². The van der Waals surface area contributed by atoms with Crippen LogP contribution in [0.1, 0.15) is 21.7 Å². The Morgan fingerprint density at radius 1 is 1.12 bits per heavy atom. The van der Waals surface area contributed by atoms with E-state index in [0.29, 0.717) is 5.56 Å². The van der Waals surface area contributed by atoms with Crippen molar-refractivity contribution < 1.29 is 19.5 Å². The first-order valence-electron chi connectivity index (χ1n) is 10.1. The summed E-state index contributed by atoms with van der Waals surface area (Å²) in [7, 11) is 1.28. The summed E-state index contributed by atoms with van der Waals surface area (Å²) in [6, 6.07) is 19.0. The van der Waals surface area contributed by atoms with Gasteiger partial charge in [0.05, 0.1) is 29.6 Å². The average Bonchev–Trinajstić information content (AvgIpc) is 3.30. The third-order valence-corrected chi connectivity index (χ3v) is 5.71. The number of hydrogen-bond acceptors (Lipinski definition) is 8. The number of rotatable bonds is 7. The zero-order chi connectivity index (χ0) is 24.3. The van der Waals surface area contributed by atoms with E-state index in [1.807, 2.05) is 60.7 Å². The monoisotopic (exact) mass is 477 g/mol. The lowest BCUT2D eigenvalue weighted by Gasteiger charge is -2.09. The molecule has 5 N–H and O–H groups in total. The normalized spacial score (nSPS) is 10.6. The van der Waals surface area contributed by atoms with E-state index in [1.54, 1.807) is 18.3 Å². The number of nitrogens with zero attached hydrogens (tertiary/aromatic N) is 2. The molecule has 2 aromatic heterocycles. The molecule has 0 fully saturated rings. The lowest BCUT2D eigenvalue weighted by atomic mass is 10.2. The fourth-order valence-electron chi connectivity index (χ4n) is 3.04. The molecule has 0 radical (unpaired) electrons. The third kappa shape index (κ3) is 6.29. The maximum Gasteiger partial charge on any atom is 0.325 e. The number of amides is 1. The number of H-pyrrole nitrogens is 1. The second-order valence-electron chi connectivity index (χ2n) is 6.76. The lowest BCUT2D eigenvalue weighted by Crippen LogP contribution is -2.30. The Labute approximate surface area is 200 Å². The first kappa shape index (κ1) is 24.6. The second-order valence-corrected chi connectivity index (χ2v) is 7.88. The number of esters is 1. The van der Waals surface area contributed by atoms with Gasteiger partial charge >= 0.3 is 5.97 Å². The van der Waals surface area contributed by atoms with Gasteiger partial charge in [0.1, 0.15) is 6.54 Å². The number of hydrogen-bond donors (Lipinski definition) is 4. The molecule has 174 valence electrons. The number of nitrogens with two attached hydrogens (primary N) is 1. The van der Waals surface area contributed by atoms with Crippen LogP contribution in [0.3, 0.4) is 0 Å². The van der Waals surface area contributed by atoms with Crippen LogP contribution in [0.25, 0.3) is 23.1 Å². The Kier molecular flexibility index (Phi) is 8.92. The number of aromatic nitrogens is 3. The van der Waals surface area contributed by atoms with Crippen LogP contribution in [0.4, 0.5) is 0 Å². The van der Waals surface area contributed by atoms with Crippen molar-refractivity contribution in [2.45, 2.75) is 9.79 Å². The molecule has 0 aliphatic heterocycles. The van der Waals surface area contributed by atoms with Crippen LogP contribution in [0, 0.1) is 0 Å². The Morgan fingerprint density at radius 3 is 2.68 bits per heavy atom. The van der Waals surface area contributed by atoms with Crippen molar-refractivity contribution in [3.05, 3.63) is 83.8 Å². The standard InChI is InChI=1S/C24H20N4O3S.H3NO/c1-31-23(29)15-26-24(30)19-7-2-3-8-22(19)32-17-10-11-18-20(27-28-21(18)14-17)12-9-16-6-4-5-13-25-16;1-2/h2-14H,15H2,1H3,(H,26,30)(H,27,28);2H,1H2/b12-9+;. The second kappa shape index (κ2) is 12.3. The van der Waals surface area contributed by atoms with Crippen molar-refractivity contribution in [2.75, 3.05) is 13.7 Å². The average molecular weight is 478 g/mol. The van der Waals surface area contributed by atoms with Crippen LogP contribution in [-0.4, -0.2) is 45.9 Å². The van der Waals surface area contributed by atoms with Gasteiger partial charge in [-0.2, -0.15) is 5.10 Å². The summed E-state index contributed by atoms with van der Waals surface area (Å²) in [6.45, 7) is -0.177. The summed E-state index contributed by atoms with van der Waals surface area (Å²) >= 11 is 1.46. The molecule has 2 heterocycles. The molecular weight excluding hydrogens is 454 g/mol. The van der Waals surface area contributed by atoms with E-state index >= 15 is 0 Å². The molecule has 0 atom stereocenters. The van der Waals surface area contributed by atoms with Crippen LogP contribution in [0.5, 0.6) is 0 Å². The van der Waals surface area contributed by atoms with E-state index in [0.717, 1.165) is 32.1 Å². The van der Waals surface area contributed by atoms with E-state index < -0.39 is 5.97 Å². The van der Waals surface area contributed by atoms with E-state index in [9.17, 15) is 9.59 Å². The Morgan fingerprint density at radius 2 is 1.91 bits per heavy atom. The number of methoxy groups -OCH3 is 1. The Balaban J connectivity index is 0.00000158. The highest BCUT2D eigenvalue weighted by Crippen LogP contribution is 2.32. The summed E-state index contributed by atoms with van der Waals surface area (Å²) < 4.78 is 4.57. The molecule has 4 aromatic rings. The minimum absolute atomic E-state index is 0.177. The van der Waals surface area contributed by atoms with Crippen LogP contribution < -0.4 is 11.2 Å². The zero-order valence-electron chi connectivity index (χ0n) is 18.3. The summed E-state index contributed by atoms with van der Waals surface area (Å²) in [5.41, 5.74) is 3.07. The van der Waals surface area contributed by atoms with Crippen molar-refractivity contribution in [3.63, 3.8) is 0 Å². The van der Waals surface area contributed by atoms with Crippen LogP contribution in [0.15, 0.2) is 76.7 Å². The smallest absolute Gasteiger partial charge is 0.325 e. The van der Waals surface area contributed by atoms with Crippen LogP contribution in [0.2, 0.25) is 0 Å². The summed E-state index contributed by atoms with van der Waals surface area (Å²) in [5, 5.41) is 17.5. The molecule has 1 amide bonds. The number of aromatic amines is 1. The van der Waals surface area contributed by atoms with Crippen molar-refractivity contribution in [3.8, 4) is 0 Å². The van der Waals surface area contributed by atoms with E-state index in [-0.39, 0.29) is 12.5 Å². The third-order valence-electron chi connectivity index (χ3n) is 4.64. The van der Waals surface area contributed by atoms with Crippen molar-refractivity contribution in [2.24, 2.45) is 5.90 Å². The van der Waals surface area contributed by atoms with Gasteiger partial charge in [-0.25, -0.2) is 5.90 Å². The molecule has 2 aromatic carbocycles. The van der Waals surface area contributed by atoms with Gasteiger partial charge in [0.2, 0.25) is 0 Å². The Bertz CT molecular complexity index is 1290. The first-order valence-corrected chi connectivity index (χ1v) is 10.9. The van der Waals surface area contributed by atoms with E-state index in [1.165, 1.54) is 18.9 Å². The summed E-state index contributed by atoms with van der Waals surface area (Å²) in [5.74, 6) is 2.67. The minimum atomic E-state index is -0.499. The fourth-order valence-corrected chi connectivity index (χ4v) is 4.02. The van der Waals surface area contributed by atoms with Crippen molar-refractivity contribution in [1.29, 1.82) is 0 Å². The molecule has 34 heavy (non-hydrogen) atoms. The van der Waals surface area contributed by atoms with Gasteiger partial charge in [0.25, 0.3) is 5.91 Å². The number of nitrogens with one attached hydrogen (secondary N) is 2. The molecule has 0 spiro atoms. The quantitative estimate of drug-likeness (QED) is 0.234. The molecule has 10 heteroatoms. The Hall–Kier alpha value is -3.99. The maximum atomic E-state index is 12.5. The maximum absolute atomic E-state index is 12.5. The number of fused-ring (bicyclic) bond motifs is 1. The molecule has 0 saturated heterocycles. The SMILES string of the molecule is COC(=O)CNC(=O)c1ccccc1Sc1ccc2c(/C=C/c3ccccn3)n[nH]c2c1.NO. The van der Waals surface area contributed by atoms with Gasteiger partial charge in [0.15, 0.2) is 0 Å². The summed E-state index contributed by atoms with van der Waals surface area (Å²) in [6.07, 6.45) is 5.59. The molecule has 0 aliphatic rings. The predicted molar refractivity (Wildman–Crippen MR) is 130 cm³/mol. The number of pyridine rings is 1. The molecule has 0 unspecified atom stereocenters. The first-order chi connectivity index (χ1) is 16.6. The van der Waals surface area contributed by atoms with Gasteiger partial charge in [0, 0.05) is 21.4 Å².